The van der Waals surface area contributed by atoms with Gasteiger partial charge in [-0.25, -0.2) is 14.4 Å². The third kappa shape index (κ3) is 10.5. The summed E-state index contributed by atoms with van der Waals surface area (Å²) in [5, 5.41) is 0. The summed E-state index contributed by atoms with van der Waals surface area (Å²) in [4.78, 5) is 58.5. The minimum Gasteiger partial charge on any atom is -0.425 e. The van der Waals surface area contributed by atoms with E-state index in [1.807, 2.05) is 0 Å². The average Bonchev–Trinajstić information content (AvgIpc) is 2.75. The summed E-state index contributed by atoms with van der Waals surface area (Å²) in [6, 6.07) is 0. The van der Waals surface area contributed by atoms with Gasteiger partial charge in [-0.2, -0.15) is 13.2 Å². The topological polar surface area (TPSA) is 132 Å². The van der Waals surface area contributed by atoms with Gasteiger partial charge in [-0.3, -0.25) is 9.59 Å². The summed E-state index contributed by atoms with van der Waals surface area (Å²) in [6.07, 6.45) is -6.88. The number of hydrogen-bond acceptors (Lipinski definition) is 10. The third-order valence-electron chi connectivity index (χ3n) is 3.51. The second-order valence-electron chi connectivity index (χ2n) is 5.97. The molecule has 0 aliphatic heterocycles. The van der Waals surface area contributed by atoms with Crippen LogP contribution in [0.2, 0.25) is 0 Å². The summed E-state index contributed by atoms with van der Waals surface area (Å²) >= 11 is 0. The van der Waals surface area contributed by atoms with Crippen LogP contribution >= 0.6 is 0 Å². The Hall–Kier alpha value is -3.64. The van der Waals surface area contributed by atoms with Crippen LogP contribution in [0.25, 0.3) is 0 Å². The highest BCUT2D eigenvalue weighted by molar-refractivity contribution is 5.90. The van der Waals surface area contributed by atoms with Gasteiger partial charge < -0.3 is 23.7 Å². The van der Waals surface area contributed by atoms with Crippen molar-refractivity contribution in [3.63, 3.8) is 0 Å². The molecule has 0 heterocycles. The molecule has 0 aromatic rings. The number of hydrogen-bond donors (Lipinski definition) is 0. The first-order chi connectivity index (χ1) is 15.2. The number of carbonyl (C=O) groups is 5. The van der Waals surface area contributed by atoms with Crippen molar-refractivity contribution < 1.29 is 60.8 Å². The molecule has 13 heteroatoms. The van der Waals surface area contributed by atoms with Crippen LogP contribution in [0.3, 0.4) is 0 Å². The van der Waals surface area contributed by atoms with Crippen molar-refractivity contribution >= 4 is 29.8 Å². The number of carbonyl (C=O) groups excluding carboxylic acids is 5. The van der Waals surface area contributed by atoms with Gasteiger partial charge >= 0.3 is 42.0 Å². The first kappa shape index (κ1) is 29.4. The Bertz CT molecular complexity index is 802. The molecule has 0 aromatic carbocycles. The Morgan fingerprint density at radius 2 is 1.39 bits per heavy atom. The number of ether oxygens (including phenoxy) is 5. The van der Waals surface area contributed by atoms with Crippen molar-refractivity contribution in [1.82, 2.24) is 0 Å². The van der Waals surface area contributed by atoms with Gasteiger partial charge in [0.15, 0.2) is 0 Å². The maximum atomic E-state index is 12.7. The molecular formula is C20H23F3O10. The third-order valence-corrected chi connectivity index (χ3v) is 3.51. The summed E-state index contributed by atoms with van der Waals surface area (Å²) < 4.78 is 61.6. The molecule has 10 nitrogen and oxygen atoms in total. The van der Waals surface area contributed by atoms with Gasteiger partial charge in [-0.15, -0.1) is 0 Å². The molecule has 0 saturated carbocycles. The lowest BCUT2D eigenvalue weighted by atomic mass is 10.3. The predicted molar refractivity (Wildman–Crippen MR) is 102 cm³/mol. The molecule has 184 valence electrons. The lowest BCUT2D eigenvalue weighted by Crippen LogP contribution is -2.45. The van der Waals surface area contributed by atoms with Gasteiger partial charge in [0.05, 0.1) is 19.3 Å². The van der Waals surface area contributed by atoms with Crippen molar-refractivity contribution in [1.29, 1.82) is 0 Å². The van der Waals surface area contributed by atoms with E-state index in [-0.39, 0.29) is 6.42 Å². The van der Waals surface area contributed by atoms with Gasteiger partial charge in [0, 0.05) is 18.6 Å². The number of rotatable bonds is 13. The molecule has 0 spiro atoms. The molecule has 0 saturated heterocycles. The van der Waals surface area contributed by atoms with Crippen molar-refractivity contribution in [2.45, 2.75) is 58.0 Å². The fraction of sp³-hybridized carbons (Fsp3) is 0.450. The quantitative estimate of drug-likeness (QED) is 0.220. The SMILES string of the molecule is C=CC(=O)OC(CC)OC(=O)CCC(=O)OC(CC)(OC(=O)C=C)OC(=O)C(=C)C(F)(F)F. The zero-order chi connectivity index (χ0) is 25.8. The highest BCUT2D eigenvalue weighted by Crippen LogP contribution is 2.29. The number of alkyl halides is 3. The van der Waals surface area contributed by atoms with Crippen molar-refractivity contribution in [3.8, 4) is 0 Å². The fourth-order valence-electron chi connectivity index (χ4n) is 1.80. The number of halogens is 3. The Balaban J connectivity index is 5.28. The molecule has 2 unspecified atom stereocenters. The normalized spacial score (nSPS) is 13.4. The van der Waals surface area contributed by atoms with E-state index in [1.165, 1.54) is 13.8 Å². The minimum absolute atomic E-state index is 0.0886. The Morgan fingerprint density at radius 1 is 0.848 bits per heavy atom. The molecule has 33 heavy (non-hydrogen) atoms. The lowest BCUT2D eigenvalue weighted by molar-refractivity contribution is -0.328. The van der Waals surface area contributed by atoms with E-state index < -0.39 is 73.1 Å². The maximum Gasteiger partial charge on any atom is 0.423 e. The van der Waals surface area contributed by atoms with E-state index in [1.54, 1.807) is 0 Å². The van der Waals surface area contributed by atoms with Gasteiger partial charge in [0.25, 0.3) is 0 Å². The number of esters is 5. The van der Waals surface area contributed by atoms with Gasteiger partial charge in [-0.05, 0) is 0 Å². The van der Waals surface area contributed by atoms with Crippen molar-refractivity contribution in [2.24, 2.45) is 0 Å². The van der Waals surface area contributed by atoms with E-state index >= 15 is 0 Å². The fourth-order valence-corrected chi connectivity index (χ4v) is 1.80. The van der Waals surface area contributed by atoms with Crippen LogP contribution in [0.15, 0.2) is 37.5 Å². The zero-order valence-corrected chi connectivity index (χ0v) is 17.9. The van der Waals surface area contributed by atoms with Crippen molar-refractivity contribution in [2.75, 3.05) is 0 Å². The molecular weight excluding hydrogens is 457 g/mol. The second kappa shape index (κ2) is 13.0. The van der Waals surface area contributed by atoms with Crippen LogP contribution in [-0.2, 0) is 47.7 Å². The Morgan fingerprint density at radius 3 is 1.85 bits per heavy atom. The van der Waals surface area contributed by atoms with E-state index in [0.717, 1.165) is 6.08 Å². The van der Waals surface area contributed by atoms with Gasteiger partial charge in [0.2, 0.25) is 6.29 Å². The monoisotopic (exact) mass is 480 g/mol. The smallest absolute Gasteiger partial charge is 0.423 e. The molecule has 2 atom stereocenters. The lowest BCUT2D eigenvalue weighted by Gasteiger charge is -2.30. The zero-order valence-electron chi connectivity index (χ0n) is 17.9. The van der Waals surface area contributed by atoms with Crippen molar-refractivity contribution in [3.05, 3.63) is 37.5 Å². The van der Waals surface area contributed by atoms with Crippen LogP contribution in [-0.4, -0.2) is 48.3 Å². The van der Waals surface area contributed by atoms with E-state index in [2.05, 4.69) is 29.2 Å². The molecule has 0 aromatic heterocycles. The van der Waals surface area contributed by atoms with Crippen LogP contribution in [0, 0.1) is 0 Å². The summed E-state index contributed by atoms with van der Waals surface area (Å²) in [5.74, 6) is -9.39. The maximum absolute atomic E-state index is 12.7. The summed E-state index contributed by atoms with van der Waals surface area (Å²) in [6.45, 7) is 11.5. The first-order valence-corrected chi connectivity index (χ1v) is 9.32. The Kier molecular flexibility index (Phi) is 11.6. The highest BCUT2D eigenvalue weighted by Gasteiger charge is 2.46. The van der Waals surface area contributed by atoms with Crippen LogP contribution in [0.4, 0.5) is 13.2 Å². The standard InChI is InChI=1S/C20H23F3O10/c1-6-13(24)29-17(8-3)30-15(26)10-11-16(27)32-19(9-4,31-14(25)7-2)33-18(28)12(5)20(21,22)23/h6-7,17H,1-2,5,8-11H2,3-4H3. The molecule has 0 radical (unpaired) electrons. The molecule has 0 aliphatic carbocycles. The van der Waals surface area contributed by atoms with Crippen LogP contribution < -0.4 is 0 Å². The average molecular weight is 480 g/mol. The van der Waals surface area contributed by atoms with E-state index in [9.17, 15) is 37.1 Å². The van der Waals surface area contributed by atoms with Gasteiger partial charge in [-0.1, -0.05) is 33.6 Å². The first-order valence-electron chi connectivity index (χ1n) is 9.32. The molecule has 0 rings (SSSR count). The molecule has 0 bridgehead atoms. The van der Waals surface area contributed by atoms with Crippen LogP contribution in [0.1, 0.15) is 39.5 Å². The largest absolute Gasteiger partial charge is 0.425 e. The minimum atomic E-state index is -5.17. The van der Waals surface area contributed by atoms with Gasteiger partial charge in [0.1, 0.15) is 5.57 Å². The molecule has 0 N–H and O–H groups in total. The molecule has 0 aliphatic rings. The summed E-state index contributed by atoms with van der Waals surface area (Å²) in [5.41, 5.74) is -1.95. The predicted octanol–water partition coefficient (Wildman–Crippen LogP) is 2.77. The second-order valence-corrected chi connectivity index (χ2v) is 5.97. The summed E-state index contributed by atoms with van der Waals surface area (Å²) in [7, 11) is 0. The highest BCUT2D eigenvalue weighted by atomic mass is 19.4. The Labute approximate surface area is 186 Å². The van der Waals surface area contributed by atoms with Crippen LogP contribution in [0.5, 0.6) is 0 Å². The molecule has 0 amide bonds. The molecule has 0 fully saturated rings. The van der Waals surface area contributed by atoms with E-state index in [4.69, 9.17) is 14.2 Å². The van der Waals surface area contributed by atoms with E-state index in [0.29, 0.717) is 6.08 Å².